The summed E-state index contributed by atoms with van der Waals surface area (Å²) in [5.74, 6) is -0.405. The van der Waals surface area contributed by atoms with E-state index < -0.39 is 66.5 Å². The van der Waals surface area contributed by atoms with E-state index in [9.17, 15) is 35.4 Å². The Balaban J connectivity index is 1.24. The maximum absolute atomic E-state index is 14.5. The van der Waals surface area contributed by atoms with Gasteiger partial charge in [0.1, 0.15) is 24.4 Å². The molecule has 2 heterocycles. The number of esters is 1. The van der Waals surface area contributed by atoms with Crippen LogP contribution in [0.15, 0.2) is 11.6 Å². The Morgan fingerprint density at radius 1 is 0.857 bits per heavy atom. The van der Waals surface area contributed by atoms with Crippen LogP contribution in [0.4, 0.5) is 0 Å². The first kappa shape index (κ1) is 36.2. The van der Waals surface area contributed by atoms with Gasteiger partial charge in [0, 0.05) is 11.3 Å². The lowest BCUT2D eigenvalue weighted by atomic mass is 9.33. The number of aliphatic hydroxyl groups excluding tert-OH is 5. The zero-order chi connectivity index (χ0) is 35.5. The highest BCUT2D eigenvalue weighted by atomic mass is 16.7. The molecule has 0 bridgehead atoms. The molecule has 6 N–H and O–H groups in total. The highest BCUT2D eigenvalue weighted by molar-refractivity contribution is 5.79. The van der Waals surface area contributed by atoms with Crippen molar-refractivity contribution in [2.45, 2.75) is 148 Å². The van der Waals surface area contributed by atoms with Crippen LogP contribution in [0.2, 0.25) is 0 Å². The lowest BCUT2D eigenvalue weighted by Gasteiger charge is -2.72. The lowest BCUT2D eigenvalue weighted by Crippen LogP contribution is -2.69. The Morgan fingerprint density at radius 2 is 1.59 bits per heavy atom. The van der Waals surface area contributed by atoms with Gasteiger partial charge in [-0.1, -0.05) is 46.3 Å². The number of allylic oxidation sites excluding steroid dienone is 1. The molecule has 4 saturated carbocycles. The van der Waals surface area contributed by atoms with Crippen LogP contribution in [-0.2, 0) is 23.7 Å². The van der Waals surface area contributed by atoms with Crippen molar-refractivity contribution in [2.75, 3.05) is 19.8 Å². The first-order chi connectivity index (χ1) is 22.9. The van der Waals surface area contributed by atoms with Crippen molar-refractivity contribution in [1.29, 1.82) is 0 Å². The van der Waals surface area contributed by atoms with Crippen molar-refractivity contribution in [3.63, 3.8) is 0 Å². The fourth-order valence-electron chi connectivity index (χ4n) is 13.0. The van der Waals surface area contributed by atoms with E-state index in [4.69, 9.17) is 18.9 Å². The topological polar surface area (TPSA) is 175 Å². The van der Waals surface area contributed by atoms with Crippen molar-refractivity contribution < 1.29 is 54.4 Å². The minimum absolute atomic E-state index is 0.0288. The number of carbonyl (C=O) groups excluding carboxylic acids is 1. The average Bonchev–Trinajstić information content (AvgIpc) is 3.06. The molecule has 7 aliphatic rings. The molecule has 2 aliphatic heterocycles. The molecule has 0 aromatic heterocycles. The molecule has 0 aromatic carbocycles. The van der Waals surface area contributed by atoms with Gasteiger partial charge in [-0.3, -0.25) is 4.79 Å². The highest BCUT2D eigenvalue weighted by Gasteiger charge is 2.72. The van der Waals surface area contributed by atoms with Crippen LogP contribution in [-0.4, -0.2) is 105 Å². The summed E-state index contributed by atoms with van der Waals surface area (Å²) in [7, 11) is 0. The zero-order valence-corrected chi connectivity index (χ0v) is 30.1. The molecule has 0 aromatic rings. The smallest absolute Gasteiger partial charge is 0.315 e. The van der Waals surface area contributed by atoms with Gasteiger partial charge < -0.3 is 49.6 Å². The molecule has 0 radical (unpaired) electrons. The minimum Gasteiger partial charge on any atom is -0.432 e. The molecular formula is C38H60O11. The van der Waals surface area contributed by atoms with Crippen LogP contribution >= 0.6 is 0 Å². The number of fused-ring (bicyclic) bond motifs is 9. The third kappa shape index (κ3) is 4.82. The minimum atomic E-state index is -1.69. The van der Waals surface area contributed by atoms with Crippen LogP contribution in [0.5, 0.6) is 0 Å². The normalized spacial score (nSPS) is 57.0. The Hall–Kier alpha value is -1.15. The fourth-order valence-corrected chi connectivity index (χ4v) is 13.0. The van der Waals surface area contributed by atoms with Gasteiger partial charge in [0.05, 0.1) is 36.9 Å². The molecule has 0 unspecified atom stereocenters. The van der Waals surface area contributed by atoms with Crippen molar-refractivity contribution in [1.82, 2.24) is 0 Å². The van der Waals surface area contributed by atoms with Gasteiger partial charge in [0.2, 0.25) is 6.29 Å². The van der Waals surface area contributed by atoms with Gasteiger partial charge in [-0.15, -0.1) is 0 Å². The molecule has 2 saturated heterocycles. The van der Waals surface area contributed by atoms with E-state index in [1.165, 1.54) is 0 Å². The molecular weight excluding hydrogens is 632 g/mol. The number of hydrogen-bond donors (Lipinski definition) is 6. The molecule has 49 heavy (non-hydrogen) atoms. The Morgan fingerprint density at radius 3 is 2.29 bits per heavy atom. The predicted octanol–water partition coefficient (Wildman–Crippen LogP) is 2.82. The molecule has 278 valence electrons. The summed E-state index contributed by atoms with van der Waals surface area (Å²) in [4.78, 5) is 14.5. The summed E-state index contributed by atoms with van der Waals surface area (Å²) in [6, 6.07) is 0. The van der Waals surface area contributed by atoms with Gasteiger partial charge in [0.25, 0.3) is 0 Å². The number of hydrogen-bond acceptors (Lipinski definition) is 11. The van der Waals surface area contributed by atoms with Crippen LogP contribution in [0, 0.1) is 50.7 Å². The first-order valence-corrected chi connectivity index (χ1v) is 18.8. The van der Waals surface area contributed by atoms with Crippen molar-refractivity contribution in [3.05, 3.63) is 11.6 Å². The van der Waals surface area contributed by atoms with E-state index in [0.717, 1.165) is 44.1 Å². The van der Waals surface area contributed by atoms with E-state index in [0.29, 0.717) is 37.7 Å². The molecule has 7 rings (SSSR count). The molecule has 0 spiro atoms. The zero-order valence-electron chi connectivity index (χ0n) is 30.1. The highest BCUT2D eigenvalue weighted by Crippen LogP contribution is 2.76. The average molecular weight is 693 g/mol. The van der Waals surface area contributed by atoms with E-state index >= 15 is 0 Å². The lowest BCUT2D eigenvalue weighted by molar-refractivity contribution is -0.320. The van der Waals surface area contributed by atoms with E-state index in [1.807, 2.05) is 13.8 Å². The van der Waals surface area contributed by atoms with Crippen LogP contribution in [0.1, 0.15) is 99.3 Å². The Kier molecular flexibility index (Phi) is 8.82. The summed E-state index contributed by atoms with van der Waals surface area (Å²) in [5.41, 5.74) is -1.66. The van der Waals surface area contributed by atoms with Gasteiger partial charge >= 0.3 is 5.97 Å². The second-order valence-corrected chi connectivity index (χ2v) is 18.2. The second-order valence-electron chi connectivity index (χ2n) is 18.2. The summed E-state index contributed by atoms with van der Waals surface area (Å²) in [5, 5.41) is 63.4. The predicted molar refractivity (Wildman–Crippen MR) is 176 cm³/mol. The summed E-state index contributed by atoms with van der Waals surface area (Å²) in [6.45, 7) is 13.3. The Labute approximate surface area is 290 Å². The van der Waals surface area contributed by atoms with Crippen molar-refractivity contribution >= 4 is 5.97 Å². The molecule has 17 atom stereocenters. The summed E-state index contributed by atoms with van der Waals surface area (Å²) >= 11 is 0. The second kappa shape index (κ2) is 11.9. The molecule has 11 heteroatoms. The van der Waals surface area contributed by atoms with Gasteiger partial charge in [-0.25, -0.2) is 0 Å². The third-order valence-corrected chi connectivity index (χ3v) is 16.3. The number of aliphatic hydroxyl groups is 6. The quantitative estimate of drug-likeness (QED) is 0.189. The van der Waals surface area contributed by atoms with Gasteiger partial charge in [0.15, 0.2) is 6.29 Å². The number of ether oxygens (including phenoxy) is 4. The van der Waals surface area contributed by atoms with Crippen LogP contribution in [0.3, 0.4) is 0 Å². The largest absolute Gasteiger partial charge is 0.432 e. The molecule has 6 fully saturated rings. The monoisotopic (exact) mass is 692 g/mol. The van der Waals surface area contributed by atoms with E-state index in [1.54, 1.807) is 0 Å². The van der Waals surface area contributed by atoms with E-state index in [2.05, 4.69) is 33.8 Å². The first-order valence-electron chi connectivity index (χ1n) is 18.8. The molecule has 11 nitrogen and oxygen atoms in total. The Bertz CT molecular complexity index is 1330. The number of rotatable bonds is 4. The SMILES string of the molecule is C[C@@H]1CC[C@]2(C(=O)O[C@@H]3O[C@H](CO)[C@@H](O)[C@H](O)[C@H]3O)CC[C@]3(C)C(=CC[C@@H]4[C@@]5(C)CC[C@@H]6O[C@H](CO)OC[C@@]6(C)[C@@H]5CC[C@]43C)[C@@H]2[C@]1(C)O. The standard InChI is InChI=1S/C38H60O11/c1-20-9-14-38(32(44)49-31-29(43)28(42)27(41)22(17-39)47-31)16-15-35(4)21(30(38)37(20,6)45)7-8-24-33(2)12-11-25-34(3,19-46-26(18-40)48-25)23(33)10-13-36(24,35)5/h7,20,22-31,39-43,45H,8-19H2,1-6H3/t20-,22-,23-,24-,25+,26-,27-,28+,29-,30-,31+,33+,34+,35-,36-,37-,38+/m1/s1. The van der Waals surface area contributed by atoms with Crippen LogP contribution in [0.25, 0.3) is 0 Å². The molecule has 0 amide bonds. The number of carbonyl (C=O) groups is 1. The summed E-state index contributed by atoms with van der Waals surface area (Å²) in [6.07, 6.45) is 1.38. The third-order valence-electron chi connectivity index (χ3n) is 16.3. The fraction of sp³-hybridized carbons (Fsp3) is 0.921. The van der Waals surface area contributed by atoms with Crippen molar-refractivity contribution in [2.24, 2.45) is 50.7 Å². The van der Waals surface area contributed by atoms with Crippen molar-refractivity contribution in [3.8, 4) is 0 Å². The van der Waals surface area contributed by atoms with Crippen LogP contribution < -0.4 is 0 Å². The van der Waals surface area contributed by atoms with E-state index in [-0.39, 0.29) is 40.3 Å². The molecule has 5 aliphatic carbocycles. The maximum Gasteiger partial charge on any atom is 0.315 e. The maximum atomic E-state index is 14.5. The van der Waals surface area contributed by atoms with Gasteiger partial charge in [-0.2, -0.15) is 0 Å². The van der Waals surface area contributed by atoms with Gasteiger partial charge in [-0.05, 0) is 98.7 Å². The summed E-state index contributed by atoms with van der Waals surface area (Å²) < 4.78 is 23.9.